The third-order valence-corrected chi connectivity index (χ3v) is 9.78. The molecule has 0 saturated carbocycles. The highest BCUT2D eigenvalue weighted by molar-refractivity contribution is 6.30. The number of fused-ring (bicyclic) bond motifs is 5. The van der Waals surface area contributed by atoms with E-state index in [1.165, 1.54) is 97.7 Å². The molecule has 0 fully saturated rings. The number of hydrogen-bond donors (Lipinski definition) is 0. The molecule has 0 aliphatic carbocycles. The van der Waals surface area contributed by atoms with Gasteiger partial charge in [-0.2, -0.15) is 0 Å². The van der Waals surface area contributed by atoms with Gasteiger partial charge >= 0.3 is 0 Å². The fourth-order valence-electron chi connectivity index (χ4n) is 7.82. The summed E-state index contributed by atoms with van der Waals surface area (Å²) in [5, 5.41) is 18.2. The van der Waals surface area contributed by atoms with Crippen molar-refractivity contribution in [1.82, 2.24) is 0 Å². The molecule has 0 aliphatic heterocycles. The van der Waals surface area contributed by atoms with E-state index in [2.05, 4.69) is 158 Å². The van der Waals surface area contributed by atoms with E-state index in [1.54, 1.807) is 0 Å². The number of benzene rings is 10. The van der Waals surface area contributed by atoms with Gasteiger partial charge < -0.3 is 0 Å². The van der Waals surface area contributed by atoms with Crippen molar-refractivity contribution in [3.8, 4) is 22.3 Å². The number of rotatable bonds is 2. The van der Waals surface area contributed by atoms with Crippen molar-refractivity contribution in [3.63, 3.8) is 0 Å². The largest absolute Gasteiger partial charge is 0.0616 e. The summed E-state index contributed by atoms with van der Waals surface area (Å²) in [5.74, 6) is 0. The van der Waals surface area contributed by atoms with Gasteiger partial charge in [-0.3, -0.25) is 0 Å². The van der Waals surface area contributed by atoms with E-state index in [9.17, 15) is 0 Å². The molecule has 0 saturated heterocycles. The minimum atomic E-state index is 1.27. The molecular formula is C44H26. The molecule has 202 valence electrons. The van der Waals surface area contributed by atoms with Gasteiger partial charge in [-0.1, -0.05) is 152 Å². The van der Waals surface area contributed by atoms with E-state index in [-0.39, 0.29) is 0 Å². The maximum atomic E-state index is 2.38. The van der Waals surface area contributed by atoms with Crippen LogP contribution in [0.25, 0.3) is 97.7 Å². The van der Waals surface area contributed by atoms with E-state index < -0.39 is 0 Å². The molecule has 44 heavy (non-hydrogen) atoms. The van der Waals surface area contributed by atoms with Crippen LogP contribution in [0.1, 0.15) is 0 Å². The third-order valence-electron chi connectivity index (χ3n) is 9.78. The minimum absolute atomic E-state index is 1.27. The van der Waals surface area contributed by atoms with Crippen molar-refractivity contribution in [3.05, 3.63) is 158 Å². The molecule has 0 aromatic heterocycles. The highest BCUT2D eigenvalue weighted by Gasteiger charge is 2.18. The first-order chi connectivity index (χ1) is 21.8. The molecule has 10 aromatic rings. The molecule has 0 atom stereocenters. The van der Waals surface area contributed by atoms with Crippen molar-refractivity contribution in [2.75, 3.05) is 0 Å². The van der Waals surface area contributed by atoms with Gasteiger partial charge in [-0.15, -0.1) is 0 Å². The van der Waals surface area contributed by atoms with Crippen LogP contribution in [0.3, 0.4) is 0 Å². The first kappa shape index (κ1) is 23.8. The molecule has 0 heterocycles. The van der Waals surface area contributed by atoms with Crippen molar-refractivity contribution in [1.29, 1.82) is 0 Å². The maximum Gasteiger partial charge on any atom is -0.00203 e. The van der Waals surface area contributed by atoms with E-state index >= 15 is 0 Å². The highest BCUT2D eigenvalue weighted by Crippen LogP contribution is 2.46. The van der Waals surface area contributed by atoms with Crippen LogP contribution in [0.5, 0.6) is 0 Å². The van der Waals surface area contributed by atoms with Gasteiger partial charge in [-0.05, 0) is 104 Å². The van der Waals surface area contributed by atoms with Gasteiger partial charge in [0.05, 0.1) is 0 Å². The first-order valence-corrected chi connectivity index (χ1v) is 15.4. The van der Waals surface area contributed by atoms with E-state index in [4.69, 9.17) is 0 Å². The van der Waals surface area contributed by atoms with Crippen LogP contribution in [-0.2, 0) is 0 Å². The summed E-state index contributed by atoms with van der Waals surface area (Å²) in [6, 6.07) is 58.6. The van der Waals surface area contributed by atoms with Crippen LogP contribution in [0.15, 0.2) is 158 Å². The van der Waals surface area contributed by atoms with Crippen LogP contribution in [0.4, 0.5) is 0 Å². The van der Waals surface area contributed by atoms with Gasteiger partial charge in [0.25, 0.3) is 0 Å². The van der Waals surface area contributed by atoms with E-state index in [0.717, 1.165) is 0 Å². The fraction of sp³-hybridized carbons (Fsp3) is 0. The van der Waals surface area contributed by atoms with Crippen molar-refractivity contribution >= 4 is 75.4 Å². The lowest BCUT2D eigenvalue weighted by Crippen LogP contribution is -1.92. The average Bonchev–Trinajstić information content (AvgIpc) is 3.09. The topological polar surface area (TPSA) is 0 Å². The van der Waals surface area contributed by atoms with Gasteiger partial charge in [0, 0.05) is 0 Å². The maximum absolute atomic E-state index is 2.38. The summed E-state index contributed by atoms with van der Waals surface area (Å²) < 4.78 is 0. The Bertz CT molecular complexity index is 2760. The molecule has 10 aromatic carbocycles. The summed E-state index contributed by atoms with van der Waals surface area (Å²) in [6.45, 7) is 0. The van der Waals surface area contributed by atoms with Gasteiger partial charge in [0.1, 0.15) is 0 Å². The van der Waals surface area contributed by atoms with Crippen LogP contribution >= 0.6 is 0 Å². The smallest absolute Gasteiger partial charge is 0.00203 e. The average molecular weight is 555 g/mol. The molecule has 0 bridgehead atoms. The van der Waals surface area contributed by atoms with Gasteiger partial charge in [0.15, 0.2) is 0 Å². The van der Waals surface area contributed by atoms with Crippen LogP contribution < -0.4 is 0 Å². The molecule has 10 rings (SSSR count). The molecule has 0 heteroatoms. The standard InChI is InChI=1S/C44H26/c1-4-12-32-27(8-1)11-7-15-35(32)36-21-17-29-19-24-38-39(25-20-30-18-23-37(36)42(29)43(30)38)44-34-14-6-3-10-31(34)26-41-33-13-5-2-9-28(33)16-22-40(41)44/h1-26H. The van der Waals surface area contributed by atoms with Crippen LogP contribution in [-0.4, -0.2) is 0 Å². The Labute approximate surface area is 254 Å². The Morgan fingerprint density at radius 3 is 1.50 bits per heavy atom. The monoisotopic (exact) mass is 554 g/mol. The molecule has 0 nitrogen and oxygen atoms in total. The Kier molecular flexibility index (Phi) is 4.81. The van der Waals surface area contributed by atoms with Crippen molar-refractivity contribution in [2.45, 2.75) is 0 Å². The van der Waals surface area contributed by atoms with Gasteiger partial charge in [-0.25, -0.2) is 0 Å². The molecule has 0 N–H and O–H groups in total. The van der Waals surface area contributed by atoms with E-state index in [0.29, 0.717) is 0 Å². The summed E-state index contributed by atoms with van der Waals surface area (Å²) in [5.41, 5.74) is 5.18. The third kappa shape index (κ3) is 3.23. The fourth-order valence-corrected chi connectivity index (χ4v) is 7.82. The summed E-state index contributed by atoms with van der Waals surface area (Å²) in [4.78, 5) is 0. The van der Waals surface area contributed by atoms with E-state index in [1.807, 2.05) is 0 Å². The summed E-state index contributed by atoms with van der Waals surface area (Å²) in [6.07, 6.45) is 0. The predicted molar refractivity (Wildman–Crippen MR) is 191 cm³/mol. The normalized spacial score (nSPS) is 12.1. The molecule has 0 radical (unpaired) electrons. The second-order valence-electron chi connectivity index (χ2n) is 12.0. The zero-order chi connectivity index (χ0) is 28.8. The Morgan fingerprint density at radius 2 is 0.727 bits per heavy atom. The quantitative estimate of drug-likeness (QED) is 0.147. The SMILES string of the molecule is c1ccc2c(-c3ccc4ccc5c(-c6c7ccccc7cc7c6ccc6ccccc67)ccc6ccc3c4c65)cccc2c1. The minimum Gasteiger partial charge on any atom is -0.0616 e. The molecule has 0 unspecified atom stereocenters. The zero-order valence-electron chi connectivity index (χ0n) is 24.0. The predicted octanol–water partition coefficient (Wildman–Crippen LogP) is 12.5. The lowest BCUT2D eigenvalue weighted by molar-refractivity contribution is 1.70. The van der Waals surface area contributed by atoms with Gasteiger partial charge in [0.2, 0.25) is 0 Å². The summed E-state index contributed by atoms with van der Waals surface area (Å²) >= 11 is 0. The number of hydrogen-bond acceptors (Lipinski definition) is 0. The lowest BCUT2D eigenvalue weighted by atomic mass is 9.84. The Morgan fingerprint density at radius 1 is 0.227 bits per heavy atom. The van der Waals surface area contributed by atoms with Crippen molar-refractivity contribution in [2.24, 2.45) is 0 Å². The zero-order valence-corrected chi connectivity index (χ0v) is 24.0. The first-order valence-electron chi connectivity index (χ1n) is 15.4. The van der Waals surface area contributed by atoms with Crippen LogP contribution in [0, 0.1) is 0 Å². The second-order valence-corrected chi connectivity index (χ2v) is 12.0. The second kappa shape index (κ2) is 8.89. The summed E-state index contributed by atoms with van der Waals surface area (Å²) in [7, 11) is 0. The Balaban J connectivity index is 1.34. The highest BCUT2D eigenvalue weighted by atomic mass is 14.2. The molecule has 0 amide bonds. The molecular weight excluding hydrogens is 528 g/mol. The lowest BCUT2D eigenvalue weighted by Gasteiger charge is -2.19. The Hall–Kier alpha value is -5.72. The van der Waals surface area contributed by atoms with Crippen molar-refractivity contribution < 1.29 is 0 Å². The van der Waals surface area contributed by atoms with Crippen LogP contribution in [0.2, 0.25) is 0 Å². The molecule has 0 spiro atoms. The molecule has 0 aliphatic rings.